The van der Waals surface area contributed by atoms with Crippen LogP contribution in [-0.2, 0) is 9.53 Å². The number of hydrogen-bond acceptors (Lipinski definition) is 4. The first-order chi connectivity index (χ1) is 10.1. The van der Waals surface area contributed by atoms with Gasteiger partial charge in [-0.05, 0) is 37.9 Å². The Labute approximate surface area is 125 Å². The highest BCUT2D eigenvalue weighted by atomic mass is 16.5. The topological polar surface area (TPSA) is 67.4 Å². The second-order valence-corrected chi connectivity index (χ2v) is 5.41. The number of methoxy groups -OCH3 is 1. The summed E-state index contributed by atoms with van der Waals surface area (Å²) in [6, 6.07) is 6.92. The number of carbonyl (C=O) groups excluding carboxylic acids is 2. The molecule has 0 aromatic heterocycles. The predicted octanol–water partition coefficient (Wildman–Crippen LogP) is 2.19. The maximum atomic E-state index is 12.7. The maximum Gasteiger partial charge on any atom is 0.339 e. The highest BCUT2D eigenvalue weighted by Gasteiger charge is 2.38. The lowest BCUT2D eigenvalue weighted by atomic mass is 9.77. The van der Waals surface area contributed by atoms with E-state index in [0.29, 0.717) is 17.8 Å². The predicted molar refractivity (Wildman–Crippen MR) is 81.2 cm³/mol. The van der Waals surface area contributed by atoms with Crippen LogP contribution in [0.15, 0.2) is 24.3 Å². The lowest BCUT2D eigenvalue weighted by molar-refractivity contribution is -0.126. The molecule has 1 aliphatic rings. The summed E-state index contributed by atoms with van der Waals surface area (Å²) in [6.07, 6.45) is 2.62. The first kappa shape index (κ1) is 15.5. The molecule has 1 aliphatic heterocycles. The number of benzene rings is 1. The number of para-hydroxylation sites is 1. The van der Waals surface area contributed by atoms with Crippen LogP contribution in [0.25, 0.3) is 0 Å². The van der Waals surface area contributed by atoms with E-state index in [1.54, 1.807) is 24.3 Å². The largest absolute Gasteiger partial charge is 0.465 e. The lowest BCUT2D eigenvalue weighted by Gasteiger charge is -2.35. The van der Waals surface area contributed by atoms with Crippen LogP contribution in [0.5, 0.6) is 0 Å². The second kappa shape index (κ2) is 6.72. The van der Waals surface area contributed by atoms with E-state index in [2.05, 4.69) is 10.6 Å². The fourth-order valence-electron chi connectivity index (χ4n) is 2.76. The zero-order chi connectivity index (χ0) is 15.3. The smallest absolute Gasteiger partial charge is 0.339 e. The highest BCUT2D eigenvalue weighted by Crippen LogP contribution is 2.32. The summed E-state index contributed by atoms with van der Waals surface area (Å²) < 4.78 is 4.75. The van der Waals surface area contributed by atoms with Crippen molar-refractivity contribution in [2.45, 2.75) is 26.2 Å². The molecule has 2 N–H and O–H groups in total. The van der Waals surface area contributed by atoms with E-state index in [0.717, 1.165) is 25.8 Å². The highest BCUT2D eigenvalue weighted by molar-refractivity contribution is 6.03. The molecule has 5 nitrogen and oxygen atoms in total. The number of nitrogens with one attached hydrogen (secondary N) is 2. The number of ether oxygens (including phenoxy) is 1. The Bertz CT molecular complexity index is 522. The average molecular weight is 290 g/mol. The van der Waals surface area contributed by atoms with E-state index in [-0.39, 0.29) is 5.91 Å². The fraction of sp³-hybridized carbons (Fsp3) is 0.500. The molecule has 0 radical (unpaired) electrons. The van der Waals surface area contributed by atoms with Crippen LogP contribution in [0, 0.1) is 5.41 Å². The molecule has 1 unspecified atom stereocenters. The monoisotopic (exact) mass is 290 g/mol. The fourth-order valence-corrected chi connectivity index (χ4v) is 2.76. The molecule has 1 amide bonds. The molecular weight excluding hydrogens is 268 g/mol. The van der Waals surface area contributed by atoms with E-state index in [9.17, 15) is 9.59 Å². The van der Waals surface area contributed by atoms with Crippen molar-refractivity contribution in [1.29, 1.82) is 0 Å². The van der Waals surface area contributed by atoms with E-state index in [1.807, 2.05) is 6.92 Å². The van der Waals surface area contributed by atoms with Crippen molar-refractivity contribution < 1.29 is 14.3 Å². The molecule has 0 spiro atoms. The third-order valence-electron chi connectivity index (χ3n) is 4.21. The Morgan fingerprint density at radius 1 is 1.38 bits per heavy atom. The maximum absolute atomic E-state index is 12.7. The summed E-state index contributed by atoms with van der Waals surface area (Å²) in [5, 5.41) is 6.20. The number of esters is 1. The standard InChI is InChI=1S/C16H22N2O3/c1-3-16(9-6-10-17-11-16)15(20)18-13-8-5-4-7-12(13)14(19)21-2/h4-5,7-8,17H,3,6,9-11H2,1-2H3,(H,18,20). The van der Waals surface area contributed by atoms with Crippen LogP contribution in [0.2, 0.25) is 0 Å². The molecule has 2 rings (SSSR count). The van der Waals surface area contributed by atoms with Gasteiger partial charge in [0.05, 0.1) is 23.8 Å². The van der Waals surface area contributed by atoms with Crippen LogP contribution in [0.3, 0.4) is 0 Å². The average Bonchev–Trinajstić information content (AvgIpc) is 2.55. The number of amides is 1. The minimum atomic E-state index is -0.446. The van der Waals surface area contributed by atoms with E-state index >= 15 is 0 Å². The Balaban J connectivity index is 2.21. The van der Waals surface area contributed by atoms with Crippen LogP contribution in [-0.4, -0.2) is 32.1 Å². The summed E-state index contributed by atoms with van der Waals surface area (Å²) in [5.41, 5.74) is 0.484. The molecule has 0 saturated carbocycles. The summed E-state index contributed by atoms with van der Waals surface area (Å²) in [4.78, 5) is 24.4. The zero-order valence-electron chi connectivity index (χ0n) is 12.6. The molecule has 0 aliphatic carbocycles. The second-order valence-electron chi connectivity index (χ2n) is 5.41. The van der Waals surface area contributed by atoms with Gasteiger partial charge in [0.15, 0.2) is 0 Å². The van der Waals surface area contributed by atoms with E-state index in [1.165, 1.54) is 7.11 Å². The van der Waals surface area contributed by atoms with Gasteiger partial charge >= 0.3 is 5.97 Å². The third kappa shape index (κ3) is 3.24. The van der Waals surface area contributed by atoms with Crippen molar-refractivity contribution >= 4 is 17.6 Å². The van der Waals surface area contributed by atoms with Gasteiger partial charge in [-0.2, -0.15) is 0 Å². The minimum Gasteiger partial charge on any atom is -0.465 e. The summed E-state index contributed by atoms with van der Waals surface area (Å²) in [7, 11) is 1.33. The molecule has 1 saturated heterocycles. The molecule has 5 heteroatoms. The molecule has 1 aromatic carbocycles. The van der Waals surface area contributed by atoms with Crippen LogP contribution in [0.1, 0.15) is 36.5 Å². The van der Waals surface area contributed by atoms with Crippen molar-refractivity contribution in [3.8, 4) is 0 Å². The number of piperidine rings is 1. The third-order valence-corrected chi connectivity index (χ3v) is 4.21. The van der Waals surface area contributed by atoms with Crippen molar-refractivity contribution in [2.24, 2.45) is 5.41 Å². The zero-order valence-corrected chi connectivity index (χ0v) is 12.6. The van der Waals surface area contributed by atoms with Gasteiger partial charge in [0.1, 0.15) is 0 Å². The van der Waals surface area contributed by atoms with Gasteiger partial charge in [-0.3, -0.25) is 4.79 Å². The van der Waals surface area contributed by atoms with Gasteiger partial charge < -0.3 is 15.4 Å². The molecule has 21 heavy (non-hydrogen) atoms. The quantitative estimate of drug-likeness (QED) is 0.834. The van der Waals surface area contributed by atoms with Crippen LogP contribution in [0.4, 0.5) is 5.69 Å². The van der Waals surface area contributed by atoms with Gasteiger partial charge in [-0.25, -0.2) is 4.79 Å². The van der Waals surface area contributed by atoms with Gasteiger partial charge in [0.25, 0.3) is 0 Å². The SMILES string of the molecule is CCC1(C(=O)Nc2ccccc2C(=O)OC)CCCNC1. The van der Waals surface area contributed by atoms with Crippen LogP contribution < -0.4 is 10.6 Å². The minimum absolute atomic E-state index is 0.0337. The Hall–Kier alpha value is -1.88. The summed E-state index contributed by atoms with van der Waals surface area (Å²) in [6.45, 7) is 3.66. The van der Waals surface area contributed by atoms with Crippen molar-refractivity contribution in [2.75, 3.05) is 25.5 Å². The van der Waals surface area contributed by atoms with Crippen molar-refractivity contribution in [3.63, 3.8) is 0 Å². The summed E-state index contributed by atoms with van der Waals surface area (Å²) >= 11 is 0. The van der Waals surface area contributed by atoms with Gasteiger partial charge in [0, 0.05) is 6.54 Å². The van der Waals surface area contributed by atoms with Crippen molar-refractivity contribution in [1.82, 2.24) is 5.32 Å². The molecule has 114 valence electrons. The summed E-state index contributed by atoms with van der Waals surface area (Å²) in [5.74, 6) is -0.480. The lowest BCUT2D eigenvalue weighted by Crippen LogP contribution is -2.47. The molecule has 1 aromatic rings. The molecular formula is C16H22N2O3. The normalized spacial score (nSPS) is 21.6. The Morgan fingerprint density at radius 3 is 2.76 bits per heavy atom. The number of carbonyl (C=O) groups is 2. The Morgan fingerprint density at radius 2 is 2.14 bits per heavy atom. The number of hydrogen-bond donors (Lipinski definition) is 2. The molecule has 1 fully saturated rings. The first-order valence-electron chi connectivity index (χ1n) is 7.32. The van der Waals surface area contributed by atoms with E-state index < -0.39 is 11.4 Å². The van der Waals surface area contributed by atoms with Gasteiger partial charge in [-0.1, -0.05) is 19.1 Å². The number of anilines is 1. The molecule has 0 bridgehead atoms. The number of rotatable bonds is 4. The van der Waals surface area contributed by atoms with E-state index in [4.69, 9.17) is 4.74 Å². The molecule has 1 atom stereocenters. The van der Waals surface area contributed by atoms with Gasteiger partial charge in [-0.15, -0.1) is 0 Å². The van der Waals surface area contributed by atoms with Crippen LogP contribution >= 0.6 is 0 Å². The van der Waals surface area contributed by atoms with Crippen molar-refractivity contribution in [3.05, 3.63) is 29.8 Å². The first-order valence-corrected chi connectivity index (χ1v) is 7.32. The molecule has 1 heterocycles. The van der Waals surface area contributed by atoms with Gasteiger partial charge in [0.2, 0.25) is 5.91 Å². The Kier molecular flexibility index (Phi) is 4.96.